The predicted molar refractivity (Wildman–Crippen MR) is 141 cm³/mol. The van der Waals surface area contributed by atoms with E-state index in [1.807, 2.05) is 6.92 Å². The van der Waals surface area contributed by atoms with Crippen molar-refractivity contribution in [3.8, 4) is 5.75 Å². The summed E-state index contributed by atoms with van der Waals surface area (Å²) in [6.45, 7) is 13.1. The van der Waals surface area contributed by atoms with Gasteiger partial charge in [0.05, 0.1) is 30.4 Å². The number of hydrogen-bond donors (Lipinski definition) is 1. The number of halogens is 3. The number of nitrogens with one attached hydrogen (secondary N) is 1. The molecule has 1 aliphatic heterocycles. The first-order valence-corrected chi connectivity index (χ1v) is 13.7. The second-order valence-electron chi connectivity index (χ2n) is 11.7. The third kappa shape index (κ3) is 10.6. The van der Waals surface area contributed by atoms with Crippen LogP contribution in [0.3, 0.4) is 0 Å². The zero-order valence-corrected chi connectivity index (χ0v) is 24.1. The minimum absolute atomic E-state index is 0.142. The van der Waals surface area contributed by atoms with Gasteiger partial charge in [0.15, 0.2) is 5.79 Å². The molecule has 0 spiro atoms. The summed E-state index contributed by atoms with van der Waals surface area (Å²) in [5.41, 5.74) is -1.95. The maximum Gasteiger partial charge on any atom is 0.419 e. The van der Waals surface area contributed by atoms with Crippen molar-refractivity contribution in [2.45, 2.75) is 129 Å². The average Bonchev–Trinajstić information content (AvgIpc) is 2.80. The van der Waals surface area contributed by atoms with Crippen LogP contribution in [-0.2, 0) is 26.8 Å². The number of hydrogen-bond acceptors (Lipinski definition) is 5. The lowest BCUT2D eigenvalue weighted by Crippen LogP contribution is -2.61. The normalized spacial score (nSPS) is 18.1. The van der Waals surface area contributed by atoms with Gasteiger partial charge < -0.3 is 24.3 Å². The Kier molecular flexibility index (Phi) is 11.3. The fourth-order valence-electron chi connectivity index (χ4n) is 4.27. The first-order chi connectivity index (χ1) is 17.6. The summed E-state index contributed by atoms with van der Waals surface area (Å²) in [6, 6.07) is 4.22. The van der Waals surface area contributed by atoms with Gasteiger partial charge in [0.25, 0.3) is 0 Å². The molecule has 9 heteroatoms. The van der Waals surface area contributed by atoms with Gasteiger partial charge in [0, 0.05) is 0 Å². The summed E-state index contributed by atoms with van der Waals surface area (Å²) >= 11 is 0. The van der Waals surface area contributed by atoms with E-state index in [4.69, 9.17) is 18.9 Å². The van der Waals surface area contributed by atoms with Crippen molar-refractivity contribution in [2.24, 2.45) is 0 Å². The second kappa shape index (κ2) is 13.4. The molecule has 0 saturated carbocycles. The van der Waals surface area contributed by atoms with Crippen molar-refractivity contribution >= 4 is 6.09 Å². The highest BCUT2D eigenvalue weighted by Gasteiger charge is 2.42. The van der Waals surface area contributed by atoms with Gasteiger partial charge >= 0.3 is 12.3 Å². The Hall–Kier alpha value is -2.00. The van der Waals surface area contributed by atoms with Crippen LogP contribution in [0.5, 0.6) is 5.75 Å². The van der Waals surface area contributed by atoms with Crippen LogP contribution in [0.4, 0.5) is 18.0 Å². The first kappa shape index (κ1) is 32.2. The lowest BCUT2D eigenvalue weighted by molar-refractivity contribution is -0.271. The summed E-state index contributed by atoms with van der Waals surface area (Å²) in [7, 11) is 0. The molecule has 1 amide bonds. The van der Waals surface area contributed by atoms with Crippen molar-refractivity contribution in [3.63, 3.8) is 0 Å². The number of benzene rings is 1. The molecule has 1 aliphatic rings. The highest BCUT2D eigenvalue weighted by atomic mass is 19.4. The number of alkyl carbamates (subject to hydrolysis) is 1. The lowest BCUT2D eigenvalue weighted by atomic mass is 9.91. The van der Waals surface area contributed by atoms with Crippen LogP contribution >= 0.6 is 0 Å². The topological polar surface area (TPSA) is 66.0 Å². The Morgan fingerprint density at radius 1 is 1.08 bits per heavy atom. The Labute approximate surface area is 225 Å². The summed E-state index contributed by atoms with van der Waals surface area (Å²) in [6.07, 6.45) is 0.664. The lowest BCUT2D eigenvalue weighted by Gasteiger charge is -2.44. The van der Waals surface area contributed by atoms with Crippen LogP contribution in [0.25, 0.3) is 0 Å². The zero-order chi connectivity index (χ0) is 28.6. The smallest absolute Gasteiger partial charge is 0.419 e. The molecule has 38 heavy (non-hydrogen) atoms. The number of carbonyl (C=O) groups excluding carboxylic acids is 1. The summed E-state index contributed by atoms with van der Waals surface area (Å²) < 4.78 is 65.0. The van der Waals surface area contributed by atoms with E-state index in [1.54, 1.807) is 40.7 Å². The van der Waals surface area contributed by atoms with Crippen LogP contribution in [-0.4, -0.2) is 42.3 Å². The third-order valence-electron chi connectivity index (χ3n) is 6.53. The van der Waals surface area contributed by atoms with E-state index in [9.17, 15) is 18.0 Å². The van der Waals surface area contributed by atoms with Crippen LogP contribution in [0, 0.1) is 0 Å². The van der Waals surface area contributed by atoms with Gasteiger partial charge in [-0.05, 0) is 84.4 Å². The SMILES string of the molecule is CCCCCCC(CC)Oc1ccc(CCC2(NC(=O)OC(C)(C)C)COC(C)(C)OC2)cc1C(F)(F)F. The molecule has 6 nitrogen and oxygen atoms in total. The van der Waals surface area contributed by atoms with Gasteiger partial charge in [-0.2, -0.15) is 13.2 Å². The molecule has 1 aromatic rings. The quantitative estimate of drug-likeness (QED) is 0.271. The molecule has 2 rings (SSSR count). The minimum atomic E-state index is -4.56. The Bertz CT molecular complexity index is 885. The van der Waals surface area contributed by atoms with Gasteiger partial charge in [0.2, 0.25) is 0 Å². The summed E-state index contributed by atoms with van der Waals surface area (Å²) in [5.74, 6) is -0.968. The van der Waals surface area contributed by atoms with Crippen molar-refractivity contribution in [1.29, 1.82) is 0 Å². The molecule has 1 saturated heterocycles. The van der Waals surface area contributed by atoms with Crippen LogP contribution < -0.4 is 10.1 Å². The standard InChI is InChI=1S/C29H46F3NO5/c1-8-10-11-12-13-22(9-2)37-24-15-14-21(18-23(24)29(30,31)32)16-17-28(19-35-27(6,7)36-20-28)33-25(34)38-26(3,4)5/h14-15,18,22H,8-13,16-17,19-20H2,1-7H3,(H,33,34). The molecule has 1 fully saturated rings. The first-order valence-electron chi connectivity index (χ1n) is 13.7. The summed E-state index contributed by atoms with van der Waals surface area (Å²) in [5, 5.41) is 2.86. The number of alkyl halides is 3. The molecule has 218 valence electrons. The van der Waals surface area contributed by atoms with Crippen LogP contribution in [0.1, 0.15) is 105 Å². The zero-order valence-electron chi connectivity index (χ0n) is 24.1. The molecule has 1 atom stereocenters. The van der Waals surface area contributed by atoms with Gasteiger partial charge in [-0.3, -0.25) is 0 Å². The Balaban J connectivity index is 2.19. The van der Waals surface area contributed by atoms with Gasteiger partial charge in [0.1, 0.15) is 11.4 Å². The minimum Gasteiger partial charge on any atom is -0.490 e. The molecule has 1 heterocycles. The van der Waals surface area contributed by atoms with E-state index in [0.717, 1.165) is 38.2 Å². The molecule has 0 radical (unpaired) electrons. The molecular formula is C29H46F3NO5. The van der Waals surface area contributed by atoms with Crippen LogP contribution in [0.2, 0.25) is 0 Å². The van der Waals surface area contributed by atoms with E-state index >= 15 is 0 Å². The molecular weight excluding hydrogens is 499 g/mol. The van der Waals surface area contributed by atoms with Crippen molar-refractivity contribution in [2.75, 3.05) is 13.2 Å². The molecule has 0 aromatic heterocycles. The number of carbonyl (C=O) groups is 1. The van der Waals surface area contributed by atoms with E-state index in [1.165, 1.54) is 6.07 Å². The van der Waals surface area contributed by atoms with Crippen LogP contribution in [0.15, 0.2) is 18.2 Å². The van der Waals surface area contributed by atoms with E-state index in [-0.39, 0.29) is 31.5 Å². The van der Waals surface area contributed by atoms with Gasteiger partial charge in [-0.15, -0.1) is 0 Å². The highest BCUT2D eigenvalue weighted by Crippen LogP contribution is 2.38. The van der Waals surface area contributed by atoms with Gasteiger partial charge in [-0.25, -0.2) is 4.79 Å². The van der Waals surface area contributed by atoms with Crippen molar-refractivity contribution in [3.05, 3.63) is 29.3 Å². The molecule has 1 unspecified atom stereocenters. The highest BCUT2D eigenvalue weighted by molar-refractivity contribution is 5.69. The van der Waals surface area contributed by atoms with E-state index in [0.29, 0.717) is 18.4 Å². The molecule has 0 aliphatic carbocycles. The molecule has 1 N–H and O–H groups in total. The fourth-order valence-corrected chi connectivity index (χ4v) is 4.27. The van der Waals surface area contributed by atoms with E-state index in [2.05, 4.69) is 12.2 Å². The number of amides is 1. The molecule has 1 aromatic carbocycles. The van der Waals surface area contributed by atoms with Crippen molar-refractivity contribution in [1.82, 2.24) is 5.32 Å². The maximum atomic E-state index is 14.0. The number of unbranched alkanes of at least 4 members (excludes halogenated alkanes) is 3. The Morgan fingerprint density at radius 3 is 2.29 bits per heavy atom. The maximum absolute atomic E-state index is 14.0. The predicted octanol–water partition coefficient (Wildman–Crippen LogP) is 7.81. The van der Waals surface area contributed by atoms with Crippen molar-refractivity contribution < 1.29 is 36.9 Å². The van der Waals surface area contributed by atoms with Gasteiger partial charge in [-0.1, -0.05) is 39.2 Å². The second-order valence-corrected chi connectivity index (χ2v) is 11.7. The largest absolute Gasteiger partial charge is 0.490 e. The summed E-state index contributed by atoms with van der Waals surface area (Å²) in [4.78, 5) is 12.6. The number of rotatable bonds is 12. The third-order valence-corrected chi connectivity index (χ3v) is 6.53. The Morgan fingerprint density at radius 2 is 1.74 bits per heavy atom. The average molecular weight is 546 g/mol. The fraction of sp³-hybridized carbons (Fsp3) is 0.759. The number of aryl methyl sites for hydroxylation is 1. The number of ether oxygens (including phenoxy) is 4. The molecule has 0 bridgehead atoms. The monoisotopic (exact) mass is 545 g/mol. The van der Waals surface area contributed by atoms with E-state index < -0.39 is 34.8 Å².